The van der Waals surface area contributed by atoms with E-state index in [9.17, 15) is 18.0 Å². The van der Waals surface area contributed by atoms with Gasteiger partial charge >= 0.3 is 5.97 Å². The topological polar surface area (TPSA) is 92.8 Å². The van der Waals surface area contributed by atoms with E-state index in [1.807, 2.05) is 0 Å². The van der Waals surface area contributed by atoms with E-state index in [0.717, 1.165) is 29.7 Å². The molecular formula is C18H26N2O5S2. The van der Waals surface area contributed by atoms with Gasteiger partial charge in [-0.15, -0.1) is 11.3 Å². The summed E-state index contributed by atoms with van der Waals surface area (Å²) < 4.78 is 29.6. The first-order valence-electron chi connectivity index (χ1n) is 9.19. The molecule has 2 aliphatic rings. The average molecular weight is 415 g/mol. The number of rotatable bonds is 4. The fourth-order valence-corrected chi connectivity index (χ4v) is 6.10. The Morgan fingerprint density at radius 1 is 1.22 bits per heavy atom. The molecule has 1 aliphatic heterocycles. The van der Waals surface area contributed by atoms with E-state index in [2.05, 4.69) is 12.2 Å². The minimum Gasteiger partial charge on any atom is -0.465 e. The standard InChI is InChI=1S/C18H26N2O5S2/c1-11-4-5-13-14(10-11)26-17(15(13)18(22)25-2)19-16(21)12-6-8-20(9-7-12)27(3,23)24/h11-12H,4-10H2,1-3H3,(H,19,21). The van der Waals surface area contributed by atoms with E-state index in [1.165, 1.54) is 29.0 Å². The van der Waals surface area contributed by atoms with Crippen LogP contribution >= 0.6 is 11.3 Å². The number of anilines is 1. The van der Waals surface area contributed by atoms with Gasteiger partial charge < -0.3 is 10.1 Å². The molecule has 0 saturated carbocycles. The summed E-state index contributed by atoms with van der Waals surface area (Å²) >= 11 is 1.47. The maximum atomic E-state index is 12.7. The predicted octanol–water partition coefficient (Wildman–Crippen LogP) is 2.27. The number of sulfonamides is 1. The van der Waals surface area contributed by atoms with Crippen molar-refractivity contribution in [3.8, 4) is 0 Å². The van der Waals surface area contributed by atoms with Crippen LogP contribution in [0.15, 0.2) is 0 Å². The molecular weight excluding hydrogens is 388 g/mol. The number of methoxy groups -OCH3 is 1. The SMILES string of the molecule is COC(=O)c1c(NC(=O)C2CCN(S(C)(=O)=O)CC2)sc2c1CCC(C)C2. The Labute approximate surface area is 164 Å². The third kappa shape index (κ3) is 4.35. The summed E-state index contributed by atoms with van der Waals surface area (Å²) in [6, 6.07) is 0. The van der Waals surface area contributed by atoms with Crippen LogP contribution in [0.25, 0.3) is 0 Å². The molecule has 1 unspecified atom stereocenters. The maximum Gasteiger partial charge on any atom is 0.341 e. The largest absolute Gasteiger partial charge is 0.465 e. The van der Waals surface area contributed by atoms with Crippen molar-refractivity contribution in [3.63, 3.8) is 0 Å². The Balaban J connectivity index is 1.75. The zero-order chi connectivity index (χ0) is 19.8. The second-order valence-corrected chi connectivity index (χ2v) is 10.6. The van der Waals surface area contributed by atoms with Gasteiger partial charge in [-0.05, 0) is 43.6 Å². The van der Waals surface area contributed by atoms with Crippen LogP contribution < -0.4 is 5.32 Å². The Morgan fingerprint density at radius 3 is 2.48 bits per heavy atom. The van der Waals surface area contributed by atoms with E-state index in [0.29, 0.717) is 42.4 Å². The summed E-state index contributed by atoms with van der Waals surface area (Å²) in [7, 11) is -1.87. The van der Waals surface area contributed by atoms with E-state index < -0.39 is 16.0 Å². The molecule has 150 valence electrons. The number of carbonyl (C=O) groups excluding carboxylic acids is 2. The van der Waals surface area contributed by atoms with Crippen LogP contribution in [0, 0.1) is 11.8 Å². The first-order chi connectivity index (χ1) is 12.7. The minimum atomic E-state index is -3.22. The summed E-state index contributed by atoms with van der Waals surface area (Å²) in [5.74, 6) is -0.263. The van der Waals surface area contributed by atoms with Gasteiger partial charge in [0.15, 0.2) is 0 Å². The van der Waals surface area contributed by atoms with Crippen molar-refractivity contribution in [2.45, 2.75) is 39.0 Å². The van der Waals surface area contributed by atoms with Crippen LogP contribution in [0.1, 0.15) is 47.0 Å². The molecule has 2 heterocycles. The first kappa shape index (κ1) is 20.3. The number of thiophene rings is 1. The van der Waals surface area contributed by atoms with E-state index >= 15 is 0 Å². The Kier molecular flexibility index (Phi) is 5.93. The van der Waals surface area contributed by atoms with Gasteiger partial charge in [0, 0.05) is 23.9 Å². The highest BCUT2D eigenvalue weighted by atomic mass is 32.2. The van der Waals surface area contributed by atoms with Gasteiger partial charge in [-0.1, -0.05) is 6.92 Å². The van der Waals surface area contributed by atoms with E-state index in [4.69, 9.17) is 4.74 Å². The number of nitrogens with zero attached hydrogens (tertiary/aromatic N) is 1. The number of amides is 1. The lowest BCUT2D eigenvalue weighted by molar-refractivity contribution is -0.120. The zero-order valence-corrected chi connectivity index (χ0v) is 17.5. The van der Waals surface area contributed by atoms with Crippen molar-refractivity contribution in [3.05, 3.63) is 16.0 Å². The molecule has 0 spiro atoms. The first-order valence-corrected chi connectivity index (χ1v) is 11.9. The quantitative estimate of drug-likeness (QED) is 0.763. The van der Waals surface area contributed by atoms with Gasteiger partial charge in [0.25, 0.3) is 0 Å². The third-order valence-corrected chi connectivity index (χ3v) is 7.90. The van der Waals surface area contributed by atoms with Crippen molar-refractivity contribution in [1.29, 1.82) is 0 Å². The van der Waals surface area contributed by atoms with Crippen molar-refractivity contribution < 1.29 is 22.7 Å². The van der Waals surface area contributed by atoms with Crippen LogP contribution in [-0.4, -0.2) is 51.1 Å². The predicted molar refractivity (Wildman–Crippen MR) is 105 cm³/mol. The van der Waals surface area contributed by atoms with Crippen molar-refractivity contribution >= 4 is 38.2 Å². The van der Waals surface area contributed by atoms with Crippen molar-refractivity contribution in [2.75, 3.05) is 31.8 Å². The molecule has 27 heavy (non-hydrogen) atoms. The third-order valence-electron chi connectivity index (χ3n) is 5.43. The highest BCUT2D eigenvalue weighted by Gasteiger charge is 2.32. The Bertz CT molecular complexity index is 838. The molecule has 1 N–H and O–H groups in total. The average Bonchev–Trinajstić information content (AvgIpc) is 2.97. The van der Waals surface area contributed by atoms with E-state index in [1.54, 1.807) is 0 Å². The molecule has 0 bridgehead atoms. The maximum absolute atomic E-state index is 12.7. The molecule has 1 amide bonds. The molecule has 1 aliphatic carbocycles. The summed E-state index contributed by atoms with van der Waals surface area (Å²) in [4.78, 5) is 26.2. The lowest BCUT2D eigenvalue weighted by atomic mass is 9.88. The Hall–Kier alpha value is -1.45. The fraction of sp³-hybridized carbons (Fsp3) is 0.667. The van der Waals surface area contributed by atoms with Crippen molar-refractivity contribution in [1.82, 2.24) is 4.31 Å². The number of hydrogen-bond donors (Lipinski definition) is 1. The second-order valence-electron chi connectivity index (χ2n) is 7.47. The molecule has 7 nitrogen and oxygen atoms in total. The zero-order valence-electron chi connectivity index (χ0n) is 15.9. The molecule has 3 rings (SSSR count). The summed E-state index contributed by atoms with van der Waals surface area (Å²) in [5.41, 5.74) is 1.50. The van der Waals surface area contributed by atoms with Gasteiger partial charge in [-0.2, -0.15) is 0 Å². The van der Waals surface area contributed by atoms with Gasteiger partial charge in [0.05, 0.1) is 18.9 Å². The lowest BCUT2D eigenvalue weighted by Gasteiger charge is -2.29. The molecule has 1 aromatic rings. The number of carbonyl (C=O) groups is 2. The number of piperidine rings is 1. The monoisotopic (exact) mass is 414 g/mol. The molecule has 1 saturated heterocycles. The van der Waals surface area contributed by atoms with Gasteiger partial charge in [0.1, 0.15) is 5.00 Å². The fourth-order valence-electron chi connectivity index (χ4n) is 3.82. The van der Waals surface area contributed by atoms with E-state index in [-0.39, 0.29) is 11.8 Å². The number of ether oxygens (including phenoxy) is 1. The van der Waals surface area contributed by atoms with Crippen LogP contribution in [0.5, 0.6) is 0 Å². The van der Waals surface area contributed by atoms with Crippen LogP contribution in [-0.2, 0) is 32.4 Å². The highest BCUT2D eigenvalue weighted by molar-refractivity contribution is 7.88. The lowest BCUT2D eigenvalue weighted by Crippen LogP contribution is -2.40. The highest BCUT2D eigenvalue weighted by Crippen LogP contribution is 2.40. The molecule has 0 aromatic carbocycles. The molecule has 1 atom stereocenters. The number of hydrogen-bond acceptors (Lipinski definition) is 6. The Morgan fingerprint density at radius 2 is 1.89 bits per heavy atom. The summed E-state index contributed by atoms with van der Waals surface area (Å²) in [6.45, 7) is 2.88. The van der Waals surface area contributed by atoms with Gasteiger partial charge in [-0.25, -0.2) is 17.5 Å². The van der Waals surface area contributed by atoms with Gasteiger partial charge in [-0.3, -0.25) is 4.79 Å². The van der Waals surface area contributed by atoms with Gasteiger partial charge in [0.2, 0.25) is 15.9 Å². The van der Waals surface area contributed by atoms with Crippen molar-refractivity contribution in [2.24, 2.45) is 11.8 Å². The molecule has 0 radical (unpaired) electrons. The number of fused-ring (bicyclic) bond motifs is 1. The second kappa shape index (κ2) is 7.89. The summed E-state index contributed by atoms with van der Waals surface area (Å²) in [6.07, 6.45) is 4.90. The molecule has 9 heteroatoms. The smallest absolute Gasteiger partial charge is 0.341 e. The normalized spacial score (nSPS) is 21.5. The molecule has 1 fully saturated rings. The number of esters is 1. The van der Waals surface area contributed by atoms with Crippen LogP contribution in [0.3, 0.4) is 0 Å². The number of nitrogens with one attached hydrogen (secondary N) is 1. The summed E-state index contributed by atoms with van der Waals surface area (Å²) in [5, 5.41) is 3.50. The van der Waals surface area contributed by atoms with Crippen LogP contribution in [0.2, 0.25) is 0 Å². The minimum absolute atomic E-state index is 0.153. The molecule has 1 aromatic heterocycles. The van der Waals surface area contributed by atoms with Crippen LogP contribution in [0.4, 0.5) is 5.00 Å².